The minimum atomic E-state index is -1.37. The van der Waals surface area contributed by atoms with Gasteiger partial charge in [-0.05, 0) is 47.5 Å². The summed E-state index contributed by atoms with van der Waals surface area (Å²) in [6.45, 7) is 0.293. The molecule has 0 aliphatic rings. The monoisotopic (exact) mass is 481 g/mol. The van der Waals surface area contributed by atoms with Crippen molar-refractivity contribution in [1.29, 1.82) is 0 Å². The van der Waals surface area contributed by atoms with E-state index in [2.05, 4.69) is 0 Å². The van der Waals surface area contributed by atoms with Gasteiger partial charge in [-0.1, -0.05) is 66.7 Å². The Balaban J connectivity index is 1.66. The minimum Gasteiger partial charge on any atom is -0.478 e. The highest BCUT2D eigenvalue weighted by Crippen LogP contribution is 2.24. The number of amides is 1. The molecule has 4 aromatic rings. The summed E-state index contributed by atoms with van der Waals surface area (Å²) in [6, 6.07) is 29.5. The Kier molecular flexibility index (Phi) is 7.41. The van der Waals surface area contributed by atoms with Crippen LogP contribution in [0.1, 0.15) is 42.2 Å². The number of nitrogens with zero attached hydrogens (tertiary/aromatic N) is 1. The van der Waals surface area contributed by atoms with Gasteiger partial charge in [-0.25, -0.2) is 9.59 Å². The predicted octanol–water partition coefficient (Wildman–Crippen LogP) is 5.72. The van der Waals surface area contributed by atoms with E-state index >= 15 is 0 Å². The first-order chi connectivity index (χ1) is 17.4. The molecule has 0 atom stereocenters. The van der Waals surface area contributed by atoms with E-state index in [1.165, 1.54) is 23.1 Å². The van der Waals surface area contributed by atoms with Crippen molar-refractivity contribution in [2.24, 2.45) is 0 Å². The van der Waals surface area contributed by atoms with E-state index < -0.39 is 17.8 Å². The maximum atomic E-state index is 13.7. The molecule has 7 heteroatoms. The molecule has 0 aliphatic heterocycles. The first-order valence-electron chi connectivity index (χ1n) is 11.2. The van der Waals surface area contributed by atoms with E-state index in [0.717, 1.165) is 11.1 Å². The van der Waals surface area contributed by atoms with Gasteiger partial charge in [0.2, 0.25) is 0 Å². The van der Waals surface area contributed by atoms with Crippen LogP contribution in [0.2, 0.25) is 0 Å². The SMILES string of the molecule is O=C(O)c1cccc(C(=O)O)c1C(=O)N(Cc1ccccc1)Cc1ccc(Oc2ccccc2)cc1. The van der Waals surface area contributed by atoms with Gasteiger partial charge >= 0.3 is 11.9 Å². The van der Waals surface area contributed by atoms with E-state index in [-0.39, 0.29) is 29.8 Å². The molecule has 0 unspecified atom stereocenters. The molecule has 0 aliphatic carbocycles. The number of carboxylic acids is 2. The summed E-state index contributed by atoms with van der Waals surface area (Å²) in [5.41, 5.74) is 0.524. The molecule has 0 spiro atoms. The summed E-state index contributed by atoms with van der Waals surface area (Å²) in [5, 5.41) is 19.3. The summed E-state index contributed by atoms with van der Waals surface area (Å²) in [5.74, 6) is -2.11. The first-order valence-corrected chi connectivity index (χ1v) is 11.2. The second kappa shape index (κ2) is 11.0. The molecular weight excluding hydrogens is 458 g/mol. The van der Waals surface area contributed by atoms with Gasteiger partial charge in [0, 0.05) is 13.1 Å². The lowest BCUT2D eigenvalue weighted by atomic mass is 9.99. The Hall–Kier alpha value is -4.91. The van der Waals surface area contributed by atoms with Crippen LogP contribution in [0, 0.1) is 0 Å². The molecule has 4 aromatic carbocycles. The van der Waals surface area contributed by atoms with Gasteiger partial charge in [0.25, 0.3) is 5.91 Å². The fourth-order valence-electron chi connectivity index (χ4n) is 3.81. The van der Waals surface area contributed by atoms with Crippen LogP contribution in [0.3, 0.4) is 0 Å². The number of ether oxygens (including phenoxy) is 1. The van der Waals surface area contributed by atoms with Crippen LogP contribution < -0.4 is 4.74 Å². The van der Waals surface area contributed by atoms with Gasteiger partial charge in [0.1, 0.15) is 11.5 Å². The zero-order chi connectivity index (χ0) is 25.5. The average Bonchev–Trinajstić information content (AvgIpc) is 2.89. The van der Waals surface area contributed by atoms with Crippen LogP contribution >= 0.6 is 0 Å². The maximum Gasteiger partial charge on any atom is 0.336 e. The van der Waals surface area contributed by atoms with Crippen LogP contribution in [0.5, 0.6) is 11.5 Å². The highest BCUT2D eigenvalue weighted by atomic mass is 16.5. The van der Waals surface area contributed by atoms with Crippen molar-refractivity contribution >= 4 is 17.8 Å². The average molecular weight is 482 g/mol. The van der Waals surface area contributed by atoms with E-state index in [4.69, 9.17) is 4.74 Å². The van der Waals surface area contributed by atoms with Crippen molar-refractivity contribution in [2.45, 2.75) is 13.1 Å². The van der Waals surface area contributed by atoms with Crippen molar-refractivity contribution in [1.82, 2.24) is 4.90 Å². The Labute approximate surface area is 207 Å². The van der Waals surface area contributed by atoms with Gasteiger partial charge < -0.3 is 19.8 Å². The Bertz CT molecular complexity index is 1340. The lowest BCUT2D eigenvalue weighted by Crippen LogP contribution is -2.32. The number of hydrogen-bond acceptors (Lipinski definition) is 4. The largest absolute Gasteiger partial charge is 0.478 e. The predicted molar refractivity (Wildman–Crippen MR) is 133 cm³/mol. The molecule has 7 nitrogen and oxygen atoms in total. The molecular formula is C29H23NO6. The lowest BCUT2D eigenvalue weighted by Gasteiger charge is -2.25. The quantitative estimate of drug-likeness (QED) is 0.317. The number of benzene rings is 4. The molecule has 180 valence electrons. The topological polar surface area (TPSA) is 104 Å². The number of para-hydroxylation sites is 1. The number of rotatable bonds is 9. The van der Waals surface area contributed by atoms with Crippen LogP contribution in [-0.4, -0.2) is 33.0 Å². The molecule has 0 saturated carbocycles. The van der Waals surface area contributed by atoms with Crippen molar-refractivity contribution < 1.29 is 29.3 Å². The Morgan fingerprint density at radius 3 is 1.58 bits per heavy atom. The Morgan fingerprint density at radius 2 is 1.06 bits per heavy atom. The third kappa shape index (κ3) is 5.77. The molecule has 36 heavy (non-hydrogen) atoms. The number of aromatic carboxylic acids is 2. The molecule has 0 fully saturated rings. The van der Waals surface area contributed by atoms with E-state index in [9.17, 15) is 24.6 Å². The van der Waals surface area contributed by atoms with Crippen molar-refractivity contribution in [2.75, 3.05) is 0 Å². The standard InChI is InChI=1S/C29H23NO6/c31-27(26-24(28(32)33)12-7-13-25(26)29(34)35)30(18-20-8-3-1-4-9-20)19-21-14-16-23(17-15-21)36-22-10-5-2-6-11-22/h1-17H,18-19H2,(H,32,33)(H,34,35). The molecule has 0 aromatic heterocycles. The molecule has 0 radical (unpaired) electrons. The number of carbonyl (C=O) groups excluding carboxylic acids is 1. The van der Waals surface area contributed by atoms with Gasteiger partial charge in [-0.15, -0.1) is 0 Å². The Morgan fingerprint density at radius 1 is 0.583 bits per heavy atom. The number of carbonyl (C=O) groups is 3. The third-order valence-corrected chi connectivity index (χ3v) is 5.52. The van der Waals surface area contributed by atoms with Crippen molar-refractivity contribution in [3.8, 4) is 11.5 Å². The van der Waals surface area contributed by atoms with Crippen molar-refractivity contribution in [3.05, 3.63) is 131 Å². The highest BCUT2D eigenvalue weighted by molar-refractivity contribution is 6.11. The molecule has 4 rings (SSSR count). The summed E-state index contributed by atoms with van der Waals surface area (Å²) >= 11 is 0. The second-order valence-corrected chi connectivity index (χ2v) is 8.04. The summed E-state index contributed by atoms with van der Waals surface area (Å²) < 4.78 is 5.82. The molecule has 0 bridgehead atoms. The van der Waals surface area contributed by atoms with E-state index in [1.54, 1.807) is 12.1 Å². The molecule has 0 heterocycles. The molecule has 2 N–H and O–H groups in total. The number of hydrogen-bond donors (Lipinski definition) is 2. The summed E-state index contributed by atoms with van der Waals surface area (Å²) in [7, 11) is 0. The van der Waals surface area contributed by atoms with Crippen LogP contribution in [0.25, 0.3) is 0 Å². The van der Waals surface area contributed by atoms with Gasteiger partial charge in [0.05, 0.1) is 16.7 Å². The van der Waals surface area contributed by atoms with E-state index in [0.29, 0.717) is 11.5 Å². The normalized spacial score (nSPS) is 10.4. The highest BCUT2D eigenvalue weighted by Gasteiger charge is 2.28. The molecule has 1 amide bonds. The lowest BCUT2D eigenvalue weighted by molar-refractivity contribution is 0.0652. The van der Waals surface area contributed by atoms with Crippen molar-refractivity contribution in [3.63, 3.8) is 0 Å². The minimum absolute atomic E-state index is 0.131. The summed E-state index contributed by atoms with van der Waals surface area (Å²) in [6.07, 6.45) is 0. The van der Waals surface area contributed by atoms with Crippen LogP contribution in [0.15, 0.2) is 103 Å². The van der Waals surface area contributed by atoms with Gasteiger partial charge in [-0.3, -0.25) is 4.79 Å². The zero-order valence-electron chi connectivity index (χ0n) is 19.2. The van der Waals surface area contributed by atoms with E-state index in [1.807, 2.05) is 72.8 Å². The second-order valence-electron chi connectivity index (χ2n) is 8.04. The maximum absolute atomic E-state index is 13.7. The third-order valence-electron chi connectivity index (χ3n) is 5.52. The fraction of sp³-hybridized carbons (Fsp3) is 0.0690. The van der Waals surface area contributed by atoms with Crippen LogP contribution in [0.4, 0.5) is 0 Å². The first kappa shape index (κ1) is 24.2. The molecule has 0 saturated heterocycles. The summed E-state index contributed by atoms with van der Waals surface area (Å²) in [4.78, 5) is 38.8. The number of carboxylic acid groups (broad SMARTS) is 2. The zero-order valence-corrected chi connectivity index (χ0v) is 19.2. The smallest absolute Gasteiger partial charge is 0.336 e. The van der Waals surface area contributed by atoms with Crippen LogP contribution in [-0.2, 0) is 13.1 Å². The van der Waals surface area contributed by atoms with Gasteiger partial charge in [0.15, 0.2) is 0 Å². The fourth-order valence-corrected chi connectivity index (χ4v) is 3.81. The van der Waals surface area contributed by atoms with Gasteiger partial charge in [-0.2, -0.15) is 0 Å².